The number of nitrogens with zero attached hydrogens (tertiary/aromatic N) is 2. The summed E-state index contributed by atoms with van der Waals surface area (Å²) >= 11 is 0. The highest BCUT2D eigenvalue weighted by Gasteiger charge is 2.14. The van der Waals surface area contributed by atoms with Gasteiger partial charge in [-0.05, 0) is 17.9 Å². The van der Waals surface area contributed by atoms with Crippen LogP contribution in [0.4, 0.5) is 5.82 Å². The third-order valence-electron chi connectivity index (χ3n) is 3.15. The summed E-state index contributed by atoms with van der Waals surface area (Å²) in [5.41, 5.74) is 10.2. The summed E-state index contributed by atoms with van der Waals surface area (Å²) in [4.78, 5) is 8.30. The van der Waals surface area contributed by atoms with Crippen molar-refractivity contribution in [3.8, 4) is 11.3 Å². The lowest BCUT2D eigenvalue weighted by Crippen LogP contribution is -2.10. The molecular weight excluding hydrogens is 222 g/mol. The van der Waals surface area contributed by atoms with Gasteiger partial charge in [0.05, 0.1) is 5.69 Å². The molecule has 3 heteroatoms. The van der Waals surface area contributed by atoms with Gasteiger partial charge in [0, 0.05) is 11.1 Å². The molecule has 0 aliphatic heterocycles. The highest BCUT2D eigenvalue weighted by molar-refractivity contribution is 5.67. The van der Waals surface area contributed by atoms with Gasteiger partial charge in [-0.15, -0.1) is 0 Å². The Morgan fingerprint density at radius 1 is 1.00 bits per heavy atom. The van der Waals surface area contributed by atoms with Crippen LogP contribution in [-0.4, -0.2) is 9.97 Å². The summed E-state index contributed by atoms with van der Waals surface area (Å²) in [6, 6.07) is 8.48. The van der Waals surface area contributed by atoms with E-state index in [0.29, 0.717) is 5.82 Å². The predicted octanol–water partition coefficient (Wildman–Crippen LogP) is 3.33. The lowest BCUT2D eigenvalue weighted by atomic mass is 9.86. The highest BCUT2D eigenvalue weighted by atomic mass is 14.9. The van der Waals surface area contributed by atoms with Gasteiger partial charge in [-0.1, -0.05) is 45.0 Å². The number of rotatable bonds is 1. The van der Waals surface area contributed by atoms with Gasteiger partial charge in [0.2, 0.25) is 0 Å². The molecule has 0 aliphatic carbocycles. The average Bonchev–Trinajstić information content (AvgIpc) is 2.32. The van der Waals surface area contributed by atoms with E-state index in [9.17, 15) is 0 Å². The maximum Gasteiger partial charge on any atom is 0.130 e. The van der Waals surface area contributed by atoms with Gasteiger partial charge >= 0.3 is 0 Å². The van der Waals surface area contributed by atoms with E-state index < -0.39 is 0 Å². The molecule has 3 nitrogen and oxygen atoms in total. The quantitative estimate of drug-likeness (QED) is 0.833. The number of nitrogen functional groups attached to an aromatic ring is 1. The first-order valence-electron chi connectivity index (χ1n) is 6.07. The van der Waals surface area contributed by atoms with Crippen LogP contribution in [0.25, 0.3) is 11.3 Å². The largest absolute Gasteiger partial charge is 0.383 e. The second-order valence-electron chi connectivity index (χ2n) is 5.56. The minimum atomic E-state index is 0.165. The smallest absolute Gasteiger partial charge is 0.130 e. The Morgan fingerprint density at radius 2 is 1.61 bits per heavy atom. The van der Waals surface area contributed by atoms with Crippen molar-refractivity contribution in [1.29, 1.82) is 0 Å². The maximum atomic E-state index is 5.81. The Balaban J connectivity index is 2.44. The monoisotopic (exact) mass is 241 g/mol. The zero-order chi connectivity index (χ0) is 13.3. The number of anilines is 1. The summed E-state index contributed by atoms with van der Waals surface area (Å²) in [7, 11) is 0. The molecule has 0 aliphatic rings. The van der Waals surface area contributed by atoms with E-state index in [2.05, 4.69) is 55.0 Å². The van der Waals surface area contributed by atoms with Crippen molar-refractivity contribution in [2.75, 3.05) is 5.73 Å². The first-order valence-corrected chi connectivity index (χ1v) is 6.07. The molecule has 0 fully saturated rings. The van der Waals surface area contributed by atoms with Crippen molar-refractivity contribution < 1.29 is 0 Å². The van der Waals surface area contributed by atoms with Gasteiger partial charge in [0.1, 0.15) is 12.1 Å². The molecule has 0 unspecified atom stereocenters. The number of aromatic nitrogens is 2. The number of hydrogen-bond donors (Lipinski definition) is 1. The third kappa shape index (κ3) is 2.35. The number of hydrogen-bond acceptors (Lipinski definition) is 3. The molecular formula is C15H19N3. The molecule has 1 aromatic carbocycles. The second-order valence-corrected chi connectivity index (χ2v) is 5.56. The second kappa shape index (κ2) is 4.41. The normalized spacial score (nSPS) is 11.6. The van der Waals surface area contributed by atoms with Crippen molar-refractivity contribution in [1.82, 2.24) is 9.97 Å². The fraction of sp³-hybridized carbons (Fsp3) is 0.333. The van der Waals surface area contributed by atoms with Crippen molar-refractivity contribution in [2.45, 2.75) is 33.1 Å². The average molecular weight is 241 g/mol. The van der Waals surface area contributed by atoms with Crippen LogP contribution in [0, 0.1) is 6.92 Å². The lowest BCUT2D eigenvalue weighted by Gasteiger charge is -2.19. The Morgan fingerprint density at radius 3 is 2.17 bits per heavy atom. The minimum Gasteiger partial charge on any atom is -0.383 e. The van der Waals surface area contributed by atoms with E-state index in [-0.39, 0.29) is 5.41 Å². The topological polar surface area (TPSA) is 51.8 Å². The van der Waals surface area contributed by atoms with Gasteiger partial charge < -0.3 is 5.73 Å². The van der Waals surface area contributed by atoms with Crippen LogP contribution < -0.4 is 5.73 Å². The van der Waals surface area contributed by atoms with Crippen molar-refractivity contribution >= 4 is 5.82 Å². The number of nitrogens with two attached hydrogens (primary N) is 1. The molecule has 18 heavy (non-hydrogen) atoms. The molecule has 0 radical (unpaired) electrons. The Kier molecular flexibility index (Phi) is 3.07. The van der Waals surface area contributed by atoms with E-state index in [4.69, 9.17) is 5.73 Å². The van der Waals surface area contributed by atoms with Crippen LogP contribution in [0.1, 0.15) is 31.9 Å². The Hall–Kier alpha value is -1.90. The number of benzene rings is 1. The van der Waals surface area contributed by atoms with Gasteiger partial charge in [0.15, 0.2) is 0 Å². The molecule has 2 rings (SSSR count). The van der Waals surface area contributed by atoms with Gasteiger partial charge in [0.25, 0.3) is 0 Å². The summed E-state index contributed by atoms with van der Waals surface area (Å²) < 4.78 is 0. The van der Waals surface area contributed by atoms with E-state index in [1.54, 1.807) is 0 Å². The summed E-state index contributed by atoms with van der Waals surface area (Å²) in [5, 5.41) is 0. The van der Waals surface area contributed by atoms with Crippen LogP contribution in [0.5, 0.6) is 0 Å². The van der Waals surface area contributed by atoms with Crippen LogP contribution in [0.3, 0.4) is 0 Å². The fourth-order valence-electron chi connectivity index (χ4n) is 1.88. The van der Waals surface area contributed by atoms with Crippen molar-refractivity contribution in [2.24, 2.45) is 0 Å². The van der Waals surface area contributed by atoms with Crippen molar-refractivity contribution in [3.63, 3.8) is 0 Å². The standard InChI is InChI=1S/C15H19N3/c1-10-13(17-9-18-14(10)16)11-5-7-12(8-6-11)15(2,3)4/h5-9H,1-4H3,(H2,16,17,18). The predicted molar refractivity (Wildman–Crippen MR) is 75.3 cm³/mol. The van der Waals surface area contributed by atoms with E-state index in [1.807, 2.05) is 6.92 Å². The molecule has 0 atom stereocenters. The van der Waals surface area contributed by atoms with Crippen LogP contribution in [0.2, 0.25) is 0 Å². The molecule has 2 aromatic rings. The van der Waals surface area contributed by atoms with Crippen molar-refractivity contribution in [3.05, 3.63) is 41.7 Å². The summed E-state index contributed by atoms with van der Waals surface area (Å²) in [5.74, 6) is 0.542. The zero-order valence-corrected chi connectivity index (χ0v) is 11.4. The fourth-order valence-corrected chi connectivity index (χ4v) is 1.88. The molecule has 2 N–H and O–H groups in total. The molecule has 0 bridgehead atoms. The summed E-state index contributed by atoms with van der Waals surface area (Å²) in [6.07, 6.45) is 1.51. The van der Waals surface area contributed by atoms with Crippen LogP contribution in [-0.2, 0) is 5.41 Å². The van der Waals surface area contributed by atoms with Crippen LogP contribution in [0.15, 0.2) is 30.6 Å². The van der Waals surface area contributed by atoms with Gasteiger partial charge in [-0.2, -0.15) is 0 Å². The first kappa shape index (κ1) is 12.6. The van der Waals surface area contributed by atoms with Gasteiger partial charge in [-0.3, -0.25) is 0 Å². The zero-order valence-electron chi connectivity index (χ0n) is 11.4. The molecule has 1 aromatic heterocycles. The molecule has 1 heterocycles. The maximum absolute atomic E-state index is 5.81. The Labute approximate surface area is 108 Å². The van der Waals surface area contributed by atoms with E-state index in [0.717, 1.165) is 16.8 Å². The molecule has 0 saturated carbocycles. The van der Waals surface area contributed by atoms with E-state index in [1.165, 1.54) is 11.9 Å². The Bertz CT molecular complexity index is 551. The first-order chi connectivity index (χ1) is 8.39. The molecule has 0 saturated heterocycles. The van der Waals surface area contributed by atoms with Gasteiger partial charge in [-0.25, -0.2) is 9.97 Å². The molecule has 94 valence electrons. The van der Waals surface area contributed by atoms with Crippen LogP contribution >= 0.6 is 0 Å². The summed E-state index contributed by atoms with van der Waals surface area (Å²) in [6.45, 7) is 8.56. The van der Waals surface area contributed by atoms with E-state index >= 15 is 0 Å². The lowest BCUT2D eigenvalue weighted by molar-refractivity contribution is 0.590. The SMILES string of the molecule is Cc1c(N)ncnc1-c1ccc(C(C)(C)C)cc1. The highest BCUT2D eigenvalue weighted by Crippen LogP contribution is 2.27. The molecule has 0 amide bonds. The minimum absolute atomic E-state index is 0.165. The third-order valence-corrected chi connectivity index (χ3v) is 3.15. The molecule has 0 spiro atoms.